The van der Waals surface area contributed by atoms with Gasteiger partial charge in [0.15, 0.2) is 0 Å². The second kappa shape index (κ2) is 10.7. The van der Waals surface area contributed by atoms with Crippen LogP contribution in [0.4, 0.5) is 10.1 Å². The van der Waals surface area contributed by atoms with Gasteiger partial charge in [0, 0.05) is 16.7 Å². The highest BCUT2D eigenvalue weighted by Crippen LogP contribution is 2.35. The van der Waals surface area contributed by atoms with E-state index < -0.39 is 27.3 Å². The molecular weight excluding hydrogens is 559 g/mol. The van der Waals surface area contributed by atoms with Gasteiger partial charge in [0.1, 0.15) is 17.1 Å². The maximum atomic E-state index is 13.5. The van der Waals surface area contributed by atoms with Crippen LogP contribution in [0.15, 0.2) is 91.1 Å². The second-order valence-electron chi connectivity index (χ2n) is 10.4. The molecular formula is C31H27FN4O5S. The standard InChI is InChI=1S/C31H27FN4O5S/c1-31(2,22-10-5-4-6-11-22)33-29(37)21-9-7-8-20(16-21)24-17-26-27(30(38)39)28(19-12-14-23(32)15-13-19)34-36(26)18-25(24)35-42(3,40)41/h4-18,35H,1-3H3,(H,33,37)(H,38,39). The Morgan fingerprint density at radius 3 is 2.26 bits per heavy atom. The van der Waals surface area contributed by atoms with Crippen LogP contribution in [-0.4, -0.2) is 41.3 Å². The van der Waals surface area contributed by atoms with Gasteiger partial charge >= 0.3 is 5.97 Å². The van der Waals surface area contributed by atoms with Crippen LogP contribution in [0.5, 0.6) is 0 Å². The number of nitrogens with one attached hydrogen (secondary N) is 2. The SMILES string of the molecule is CC(C)(NC(=O)c1cccc(-c2cc3c(C(=O)O)c(-c4ccc(F)cc4)nn3cc2NS(C)(=O)=O)c1)c1ccccc1. The third kappa shape index (κ3) is 5.86. The Morgan fingerprint density at radius 2 is 1.62 bits per heavy atom. The van der Waals surface area contributed by atoms with Gasteiger partial charge in [-0.25, -0.2) is 22.1 Å². The summed E-state index contributed by atoms with van der Waals surface area (Å²) in [5, 5.41) is 17.5. The Hall–Kier alpha value is -5.03. The Bertz CT molecular complexity index is 1940. The largest absolute Gasteiger partial charge is 0.478 e. The lowest BCUT2D eigenvalue weighted by Crippen LogP contribution is -2.40. The number of carboxylic acid groups (broad SMARTS) is 1. The molecule has 0 unspecified atom stereocenters. The van der Waals surface area contributed by atoms with E-state index in [1.165, 1.54) is 41.0 Å². The van der Waals surface area contributed by atoms with Crippen LogP contribution in [0.1, 0.15) is 40.1 Å². The van der Waals surface area contributed by atoms with Crippen molar-refractivity contribution in [2.24, 2.45) is 0 Å². The maximum Gasteiger partial charge on any atom is 0.340 e. The zero-order chi connectivity index (χ0) is 30.2. The van der Waals surface area contributed by atoms with Gasteiger partial charge in [-0.1, -0.05) is 42.5 Å². The average Bonchev–Trinajstić information content (AvgIpc) is 3.31. The summed E-state index contributed by atoms with van der Waals surface area (Å²) >= 11 is 0. The normalized spacial score (nSPS) is 11.8. The quantitative estimate of drug-likeness (QED) is 0.219. The molecule has 5 aromatic rings. The molecule has 0 aliphatic rings. The summed E-state index contributed by atoms with van der Waals surface area (Å²) in [5.41, 5.74) is 1.96. The summed E-state index contributed by atoms with van der Waals surface area (Å²) in [5.74, 6) is -2.11. The van der Waals surface area contributed by atoms with Gasteiger partial charge in [0.25, 0.3) is 5.91 Å². The molecule has 0 fully saturated rings. The highest BCUT2D eigenvalue weighted by atomic mass is 32.2. The van der Waals surface area contributed by atoms with Crippen molar-refractivity contribution in [2.45, 2.75) is 19.4 Å². The van der Waals surface area contributed by atoms with E-state index in [2.05, 4.69) is 15.1 Å². The molecule has 2 heterocycles. The minimum Gasteiger partial charge on any atom is -0.478 e. The second-order valence-corrected chi connectivity index (χ2v) is 12.1. The van der Waals surface area contributed by atoms with Gasteiger partial charge in [0.05, 0.1) is 29.2 Å². The Morgan fingerprint density at radius 1 is 0.929 bits per heavy atom. The van der Waals surface area contributed by atoms with Crippen LogP contribution < -0.4 is 10.0 Å². The fourth-order valence-electron chi connectivity index (χ4n) is 4.74. The lowest BCUT2D eigenvalue weighted by atomic mass is 9.93. The molecule has 0 aliphatic carbocycles. The molecule has 0 saturated heterocycles. The molecule has 5 rings (SSSR count). The lowest BCUT2D eigenvalue weighted by molar-refractivity contribution is 0.0699. The fraction of sp³-hybridized carbons (Fsp3) is 0.129. The van der Waals surface area contributed by atoms with Crippen molar-refractivity contribution >= 4 is 33.1 Å². The van der Waals surface area contributed by atoms with E-state index in [1.54, 1.807) is 24.3 Å². The van der Waals surface area contributed by atoms with E-state index in [1.807, 2.05) is 44.2 Å². The number of aromatic carboxylic acids is 1. The molecule has 0 aliphatic heterocycles. The van der Waals surface area contributed by atoms with Crippen molar-refractivity contribution < 1.29 is 27.5 Å². The van der Waals surface area contributed by atoms with Crippen molar-refractivity contribution in [3.63, 3.8) is 0 Å². The number of carbonyl (C=O) groups is 2. The zero-order valence-corrected chi connectivity index (χ0v) is 23.7. The van der Waals surface area contributed by atoms with E-state index in [0.29, 0.717) is 22.3 Å². The van der Waals surface area contributed by atoms with Crippen molar-refractivity contribution in [1.29, 1.82) is 0 Å². The fourth-order valence-corrected chi connectivity index (χ4v) is 5.30. The summed E-state index contributed by atoms with van der Waals surface area (Å²) in [6.07, 6.45) is 2.36. The van der Waals surface area contributed by atoms with Crippen LogP contribution in [-0.2, 0) is 15.6 Å². The molecule has 1 amide bonds. The summed E-state index contributed by atoms with van der Waals surface area (Å²) in [4.78, 5) is 25.7. The summed E-state index contributed by atoms with van der Waals surface area (Å²) in [6, 6.07) is 22.8. The molecule has 9 nitrogen and oxygen atoms in total. The molecule has 2 aromatic heterocycles. The van der Waals surface area contributed by atoms with Gasteiger partial charge < -0.3 is 10.4 Å². The van der Waals surface area contributed by atoms with Crippen molar-refractivity contribution in [3.05, 3.63) is 114 Å². The van der Waals surface area contributed by atoms with Gasteiger partial charge in [-0.05, 0) is 67.4 Å². The third-order valence-electron chi connectivity index (χ3n) is 6.75. The number of hydrogen-bond donors (Lipinski definition) is 3. The first-order valence-corrected chi connectivity index (χ1v) is 14.7. The monoisotopic (exact) mass is 586 g/mol. The molecule has 3 N–H and O–H groups in total. The van der Waals surface area contributed by atoms with Crippen LogP contribution in [0.2, 0.25) is 0 Å². The van der Waals surface area contributed by atoms with Gasteiger partial charge in [0.2, 0.25) is 10.0 Å². The zero-order valence-electron chi connectivity index (χ0n) is 22.9. The number of rotatable bonds is 8. The first kappa shape index (κ1) is 28.5. The molecule has 11 heteroatoms. The molecule has 42 heavy (non-hydrogen) atoms. The third-order valence-corrected chi connectivity index (χ3v) is 7.34. The highest BCUT2D eigenvalue weighted by molar-refractivity contribution is 7.92. The predicted octanol–water partition coefficient (Wildman–Crippen LogP) is 5.54. The minimum atomic E-state index is -3.76. The Labute approximate surface area is 241 Å². The molecule has 0 saturated carbocycles. The molecule has 0 bridgehead atoms. The van der Waals surface area contributed by atoms with Crippen molar-refractivity contribution in [3.8, 4) is 22.4 Å². The summed E-state index contributed by atoms with van der Waals surface area (Å²) < 4.78 is 41.9. The molecule has 214 valence electrons. The van der Waals surface area contributed by atoms with E-state index >= 15 is 0 Å². The summed E-state index contributed by atoms with van der Waals surface area (Å²) in [7, 11) is -3.76. The lowest BCUT2D eigenvalue weighted by Gasteiger charge is -2.27. The van der Waals surface area contributed by atoms with Crippen molar-refractivity contribution in [1.82, 2.24) is 14.9 Å². The average molecular weight is 587 g/mol. The predicted molar refractivity (Wildman–Crippen MR) is 158 cm³/mol. The van der Waals surface area contributed by atoms with Gasteiger partial charge in [-0.15, -0.1) is 0 Å². The summed E-state index contributed by atoms with van der Waals surface area (Å²) in [6.45, 7) is 3.77. The van der Waals surface area contributed by atoms with Crippen LogP contribution >= 0.6 is 0 Å². The number of amides is 1. The smallest absolute Gasteiger partial charge is 0.340 e. The van der Waals surface area contributed by atoms with E-state index in [0.717, 1.165) is 11.8 Å². The molecule has 0 radical (unpaired) electrons. The molecule has 0 spiro atoms. The van der Waals surface area contributed by atoms with Crippen LogP contribution in [0, 0.1) is 5.82 Å². The van der Waals surface area contributed by atoms with E-state index in [9.17, 15) is 27.5 Å². The van der Waals surface area contributed by atoms with Crippen molar-refractivity contribution in [2.75, 3.05) is 11.0 Å². The minimum absolute atomic E-state index is 0.0845. The number of carboxylic acids is 1. The highest BCUT2D eigenvalue weighted by Gasteiger charge is 2.25. The van der Waals surface area contributed by atoms with E-state index in [-0.39, 0.29) is 28.4 Å². The number of fused-ring (bicyclic) bond motifs is 1. The number of aromatic nitrogens is 2. The first-order valence-electron chi connectivity index (χ1n) is 12.8. The van der Waals surface area contributed by atoms with Crippen LogP contribution in [0.25, 0.3) is 27.9 Å². The molecule has 0 atom stereocenters. The van der Waals surface area contributed by atoms with Gasteiger partial charge in [-0.3, -0.25) is 9.52 Å². The molecule has 3 aromatic carbocycles. The topological polar surface area (TPSA) is 130 Å². The van der Waals surface area contributed by atoms with Crippen LogP contribution in [0.3, 0.4) is 0 Å². The number of hydrogen-bond acceptors (Lipinski definition) is 5. The maximum absolute atomic E-state index is 13.5. The number of sulfonamides is 1. The Kier molecular flexibility index (Phi) is 7.29. The number of pyridine rings is 1. The van der Waals surface area contributed by atoms with E-state index in [4.69, 9.17) is 0 Å². The number of anilines is 1. The number of halogens is 1. The first-order chi connectivity index (χ1) is 19.8. The number of nitrogens with zero attached hydrogens (tertiary/aromatic N) is 2. The number of benzene rings is 3. The number of carbonyl (C=O) groups excluding carboxylic acids is 1. The Balaban J connectivity index is 1.63. The van der Waals surface area contributed by atoms with Gasteiger partial charge in [-0.2, -0.15) is 5.10 Å².